The third-order valence-electron chi connectivity index (χ3n) is 4.99. The van der Waals surface area contributed by atoms with Gasteiger partial charge in [-0.2, -0.15) is 0 Å². The van der Waals surface area contributed by atoms with Crippen LogP contribution in [-0.4, -0.2) is 14.2 Å². The second kappa shape index (κ2) is 8.35. The average molecular weight is 358 g/mol. The van der Waals surface area contributed by atoms with Crippen molar-refractivity contribution in [2.24, 2.45) is 0 Å². The normalized spacial score (nSPS) is 15.4. The summed E-state index contributed by atoms with van der Waals surface area (Å²) in [6.07, 6.45) is 9.30. The molecular formula is C22H24F2O2. The van der Waals surface area contributed by atoms with Crippen molar-refractivity contribution in [1.29, 1.82) is 0 Å². The fourth-order valence-electron chi connectivity index (χ4n) is 3.68. The van der Waals surface area contributed by atoms with Crippen LogP contribution in [0.15, 0.2) is 30.3 Å². The zero-order valence-corrected chi connectivity index (χ0v) is 15.2. The Kier molecular flexibility index (Phi) is 5.92. The molecule has 0 heterocycles. The van der Waals surface area contributed by atoms with Crippen LogP contribution in [-0.2, 0) is 0 Å². The van der Waals surface area contributed by atoms with Crippen molar-refractivity contribution < 1.29 is 18.3 Å². The van der Waals surface area contributed by atoms with E-state index in [0.29, 0.717) is 5.92 Å². The van der Waals surface area contributed by atoms with Gasteiger partial charge >= 0.3 is 0 Å². The summed E-state index contributed by atoms with van der Waals surface area (Å²) in [5, 5.41) is 0. The van der Waals surface area contributed by atoms with E-state index in [9.17, 15) is 8.78 Å². The van der Waals surface area contributed by atoms with Crippen LogP contribution < -0.4 is 9.47 Å². The Morgan fingerprint density at radius 2 is 1.54 bits per heavy atom. The van der Waals surface area contributed by atoms with E-state index in [2.05, 4.69) is 0 Å². The van der Waals surface area contributed by atoms with Crippen LogP contribution in [0.4, 0.5) is 8.78 Å². The Morgan fingerprint density at radius 1 is 0.885 bits per heavy atom. The largest absolute Gasteiger partial charge is 0.496 e. The van der Waals surface area contributed by atoms with Crippen LogP contribution in [0, 0.1) is 11.6 Å². The van der Waals surface area contributed by atoms with Crippen molar-refractivity contribution in [2.45, 2.75) is 38.0 Å². The molecule has 1 aliphatic rings. The molecule has 2 aromatic rings. The monoisotopic (exact) mass is 358 g/mol. The first kappa shape index (κ1) is 18.4. The van der Waals surface area contributed by atoms with Gasteiger partial charge in [-0.15, -0.1) is 0 Å². The van der Waals surface area contributed by atoms with Gasteiger partial charge in [0.15, 0.2) is 0 Å². The van der Waals surface area contributed by atoms with Crippen LogP contribution in [0.3, 0.4) is 0 Å². The van der Waals surface area contributed by atoms with Gasteiger partial charge in [-0.3, -0.25) is 0 Å². The minimum atomic E-state index is -0.464. The molecule has 1 saturated carbocycles. The minimum Gasteiger partial charge on any atom is -0.496 e. The molecule has 0 saturated heterocycles. The van der Waals surface area contributed by atoms with E-state index < -0.39 is 11.6 Å². The molecule has 0 radical (unpaired) electrons. The van der Waals surface area contributed by atoms with Gasteiger partial charge in [0.05, 0.1) is 14.2 Å². The van der Waals surface area contributed by atoms with Crippen molar-refractivity contribution >= 4 is 12.2 Å². The molecule has 2 nitrogen and oxygen atoms in total. The van der Waals surface area contributed by atoms with Gasteiger partial charge in [-0.05, 0) is 54.7 Å². The van der Waals surface area contributed by atoms with E-state index in [4.69, 9.17) is 9.47 Å². The Labute approximate surface area is 153 Å². The molecule has 0 N–H and O–H groups in total. The first-order valence-electron chi connectivity index (χ1n) is 9.01. The maximum atomic E-state index is 13.8. The third-order valence-corrected chi connectivity index (χ3v) is 4.99. The summed E-state index contributed by atoms with van der Waals surface area (Å²) in [4.78, 5) is 0. The first-order valence-corrected chi connectivity index (χ1v) is 9.01. The van der Waals surface area contributed by atoms with E-state index in [1.165, 1.54) is 25.3 Å². The highest BCUT2D eigenvalue weighted by atomic mass is 19.1. The molecule has 0 amide bonds. The Balaban J connectivity index is 1.95. The van der Waals surface area contributed by atoms with Crippen molar-refractivity contribution in [1.82, 2.24) is 0 Å². The highest BCUT2D eigenvalue weighted by Crippen LogP contribution is 2.43. The molecule has 0 spiro atoms. The summed E-state index contributed by atoms with van der Waals surface area (Å²) in [6.45, 7) is 0. The topological polar surface area (TPSA) is 18.5 Å². The lowest BCUT2D eigenvalue weighted by atomic mass is 9.82. The molecule has 138 valence electrons. The molecular weight excluding hydrogens is 334 g/mol. The van der Waals surface area contributed by atoms with Crippen molar-refractivity contribution in [3.8, 4) is 11.5 Å². The standard InChI is InChI=1S/C22H24F2O2/c1-25-20-12-15(8-9-17-14-18(23)10-11-19(17)24)13-21(26-2)22(20)16-6-4-3-5-7-16/h8-14,16H,3-7H2,1-2H3/b9-8+. The smallest absolute Gasteiger partial charge is 0.130 e. The molecule has 3 rings (SSSR count). The van der Waals surface area contributed by atoms with Gasteiger partial charge in [-0.25, -0.2) is 8.78 Å². The summed E-state index contributed by atoms with van der Waals surface area (Å²) in [6, 6.07) is 7.27. The lowest BCUT2D eigenvalue weighted by molar-refractivity contribution is 0.359. The van der Waals surface area contributed by atoms with Gasteiger partial charge in [0.2, 0.25) is 0 Å². The van der Waals surface area contributed by atoms with E-state index in [0.717, 1.165) is 47.6 Å². The maximum Gasteiger partial charge on any atom is 0.130 e. The van der Waals surface area contributed by atoms with Gasteiger partial charge in [-0.1, -0.05) is 31.4 Å². The first-order chi connectivity index (χ1) is 12.6. The van der Waals surface area contributed by atoms with Crippen molar-refractivity contribution in [3.05, 3.63) is 58.7 Å². The van der Waals surface area contributed by atoms with E-state index in [1.54, 1.807) is 26.4 Å². The highest BCUT2D eigenvalue weighted by Gasteiger charge is 2.23. The van der Waals surface area contributed by atoms with E-state index in [1.807, 2.05) is 12.1 Å². The average Bonchev–Trinajstić information content (AvgIpc) is 2.68. The summed E-state index contributed by atoms with van der Waals surface area (Å²) < 4.78 is 38.4. The lowest BCUT2D eigenvalue weighted by Gasteiger charge is -2.26. The second-order valence-corrected chi connectivity index (χ2v) is 6.67. The number of benzene rings is 2. The van der Waals surface area contributed by atoms with Crippen molar-refractivity contribution in [2.75, 3.05) is 14.2 Å². The van der Waals surface area contributed by atoms with Gasteiger partial charge in [0.25, 0.3) is 0 Å². The van der Waals surface area contributed by atoms with E-state index in [-0.39, 0.29) is 5.56 Å². The zero-order valence-electron chi connectivity index (χ0n) is 15.2. The number of methoxy groups -OCH3 is 2. The van der Waals surface area contributed by atoms with Crippen LogP contribution in [0.2, 0.25) is 0 Å². The van der Waals surface area contributed by atoms with E-state index >= 15 is 0 Å². The van der Waals surface area contributed by atoms with Gasteiger partial charge < -0.3 is 9.47 Å². The maximum absolute atomic E-state index is 13.8. The Bertz CT molecular complexity index is 768. The van der Waals surface area contributed by atoms with Crippen LogP contribution in [0.5, 0.6) is 11.5 Å². The van der Waals surface area contributed by atoms with Crippen LogP contribution >= 0.6 is 0 Å². The summed E-state index contributed by atoms with van der Waals surface area (Å²) in [7, 11) is 3.31. The second-order valence-electron chi connectivity index (χ2n) is 6.67. The molecule has 1 aliphatic carbocycles. The number of halogens is 2. The number of hydrogen-bond acceptors (Lipinski definition) is 2. The Morgan fingerprint density at radius 3 is 2.15 bits per heavy atom. The van der Waals surface area contributed by atoms with Gasteiger partial charge in [0.1, 0.15) is 23.1 Å². The molecule has 1 fully saturated rings. The van der Waals surface area contributed by atoms with Crippen LogP contribution in [0.1, 0.15) is 54.7 Å². The van der Waals surface area contributed by atoms with Gasteiger partial charge in [0, 0.05) is 11.1 Å². The Hall–Kier alpha value is -2.36. The number of ether oxygens (including phenoxy) is 2. The molecule has 0 bridgehead atoms. The number of hydrogen-bond donors (Lipinski definition) is 0. The summed E-state index contributed by atoms with van der Waals surface area (Å²) in [5.74, 6) is 1.09. The molecule has 0 atom stereocenters. The van der Waals surface area contributed by atoms with Crippen molar-refractivity contribution in [3.63, 3.8) is 0 Å². The molecule has 0 aromatic heterocycles. The third kappa shape index (κ3) is 4.06. The summed E-state index contributed by atoms with van der Waals surface area (Å²) >= 11 is 0. The SMILES string of the molecule is COc1cc(/C=C/c2cc(F)ccc2F)cc(OC)c1C1CCCCC1. The minimum absolute atomic E-state index is 0.208. The fourth-order valence-corrected chi connectivity index (χ4v) is 3.68. The molecule has 2 aromatic carbocycles. The summed E-state index contributed by atoms with van der Waals surface area (Å²) in [5.41, 5.74) is 2.14. The molecule has 26 heavy (non-hydrogen) atoms. The quantitative estimate of drug-likeness (QED) is 0.593. The zero-order chi connectivity index (χ0) is 18.5. The predicted molar refractivity (Wildman–Crippen MR) is 101 cm³/mol. The fraction of sp³-hybridized carbons (Fsp3) is 0.364. The predicted octanol–water partition coefficient (Wildman–Crippen LogP) is 6.20. The lowest BCUT2D eigenvalue weighted by Crippen LogP contribution is -2.08. The molecule has 0 aliphatic heterocycles. The van der Waals surface area contributed by atoms with Crippen LogP contribution in [0.25, 0.3) is 12.2 Å². The highest BCUT2D eigenvalue weighted by molar-refractivity contribution is 5.72. The molecule has 4 heteroatoms. The molecule has 0 unspecified atom stereocenters. The number of rotatable bonds is 5.